The number of carbonyl (C=O) groups is 2. The maximum absolute atomic E-state index is 12.0. The molecule has 1 aromatic carbocycles. The third kappa shape index (κ3) is 3.36. The fraction of sp³-hybridized carbons (Fsp3) is 0.467. The van der Waals surface area contributed by atoms with Crippen molar-refractivity contribution in [3.63, 3.8) is 0 Å². The number of hydrogen-bond donors (Lipinski definition) is 2. The second-order valence-corrected chi connectivity index (χ2v) is 5.09. The van der Waals surface area contributed by atoms with Crippen LogP contribution in [0.4, 0.5) is 5.69 Å². The highest BCUT2D eigenvalue weighted by Gasteiger charge is 2.29. The zero-order chi connectivity index (χ0) is 14.5. The van der Waals surface area contributed by atoms with Gasteiger partial charge in [0.05, 0.1) is 0 Å². The SMILES string of the molecule is CCc1ccc(NC(=O)C(=O)N2CCC(CO)C2)cc1. The van der Waals surface area contributed by atoms with Crippen LogP contribution in [0.1, 0.15) is 18.9 Å². The quantitative estimate of drug-likeness (QED) is 0.810. The summed E-state index contributed by atoms with van der Waals surface area (Å²) >= 11 is 0. The number of hydrogen-bond acceptors (Lipinski definition) is 3. The molecule has 2 amide bonds. The van der Waals surface area contributed by atoms with Gasteiger partial charge < -0.3 is 15.3 Å². The molecule has 5 heteroatoms. The van der Waals surface area contributed by atoms with Crippen molar-refractivity contribution in [1.82, 2.24) is 4.90 Å². The van der Waals surface area contributed by atoms with E-state index in [0.29, 0.717) is 18.8 Å². The van der Waals surface area contributed by atoms with Gasteiger partial charge in [-0.2, -0.15) is 0 Å². The normalized spacial score (nSPS) is 18.1. The number of aliphatic hydroxyl groups excluding tert-OH is 1. The Hall–Kier alpha value is -1.88. The predicted octanol–water partition coefficient (Wildman–Crippen LogP) is 1.03. The molecule has 0 spiro atoms. The van der Waals surface area contributed by atoms with E-state index in [1.165, 1.54) is 10.5 Å². The Morgan fingerprint density at radius 1 is 1.35 bits per heavy atom. The highest BCUT2D eigenvalue weighted by Crippen LogP contribution is 2.16. The van der Waals surface area contributed by atoms with Gasteiger partial charge in [0.25, 0.3) is 0 Å². The van der Waals surface area contributed by atoms with Crippen LogP contribution in [-0.2, 0) is 16.0 Å². The van der Waals surface area contributed by atoms with Crippen LogP contribution in [0.5, 0.6) is 0 Å². The van der Waals surface area contributed by atoms with Crippen LogP contribution in [0.3, 0.4) is 0 Å². The molecule has 0 radical (unpaired) electrons. The molecular weight excluding hydrogens is 256 g/mol. The maximum atomic E-state index is 12.0. The first-order valence-corrected chi connectivity index (χ1v) is 6.94. The van der Waals surface area contributed by atoms with Crippen LogP contribution in [0, 0.1) is 5.92 Å². The molecule has 0 bridgehead atoms. The Kier molecular flexibility index (Phi) is 4.74. The summed E-state index contributed by atoms with van der Waals surface area (Å²) < 4.78 is 0. The number of nitrogens with zero attached hydrogens (tertiary/aromatic N) is 1. The number of rotatable bonds is 3. The number of carbonyl (C=O) groups excluding carboxylic acids is 2. The van der Waals surface area contributed by atoms with Gasteiger partial charge in [0.2, 0.25) is 0 Å². The van der Waals surface area contributed by atoms with E-state index in [2.05, 4.69) is 12.2 Å². The summed E-state index contributed by atoms with van der Waals surface area (Å²) in [5.74, 6) is -1.05. The molecule has 0 aliphatic carbocycles. The molecule has 1 saturated heterocycles. The van der Waals surface area contributed by atoms with Crippen molar-refractivity contribution in [1.29, 1.82) is 0 Å². The van der Waals surface area contributed by atoms with Crippen molar-refractivity contribution in [2.75, 3.05) is 25.0 Å². The molecule has 20 heavy (non-hydrogen) atoms. The highest BCUT2D eigenvalue weighted by atomic mass is 16.3. The second-order valence-electron chi connectivity index (χ2n) is 5.09. The third-order valence-electron chi connectivity index (χ3n) is 3.65. The fourth-order valence-corrected chi connectivity index (χ4v) is 2.32. The van der Waals surface area contributed by atoms with E-state index in [4.69, 9.17) is 5.11 Å². The molecule has 2 rings (SSSR count). The standard InChI is InChI=1S/C15H20N2O3/c1-2-11-3-5-13(6-4-11)16-14(19)15(20)17-8-7-12(9-17)10-18/h3-6,12,18H,2,7-10H2,1H3,(H,16,19). The van der Waals surface area contributed by atoms with Crippen molar-refractivity contribution >= 4 is 17.5 Å². The van der Waals surface area contributed by atoms with Crippen molar-refractivity contribution in [3.05, 3.63) is 29.8 Å². The number of amides is 2. The molecule has 1 aromatic rings. The van der Waals surface area contributed by atoms with Crippen LogP contribution in [0.15, 0.2) is 24.3 Å². The molecule has 1 aliphatic rings. The average Bonchev–Trinajstić information content (AvgIpc) is 2.96. The number of likely N-dealkylation sites (tertiary alicyclic amines) is 1. The van der Waals surface area contributed by atoms with Gasteiger partial charge in [-0.3, -0.25) is 9.59 Å². The second kappa shape index (κ2) is 6.52. The van der Waals surface area contributed by atoms with Crippen LogP contribution >= 0.6 is 0 Å². The van der Waals surface area contributed by atoms with Gasteiger partial charge in [-0.25, -0.2) is 0 Å². The number of benzene rings is 1. The highest BCUT2D eigenvalue weighted by molar-refractivity contribution is 6.39. The van der Waals surface area contributed by atoms with E-state index in [9.17, 15) is 9.59 Å². The summed E-state index contributed by atoms with van der Waals surface area (Å²) in [7, 11) is 0. The molecule has 0 saturated carbocycles. The van der Waals surface area contributed by atoms with Gasteiger partial charge in [0, 0.05) is 31.3 Å². The van der Waals surface area contributed by atoms with E-state index in [-0.39, 0.29) is 12.5 Å². The zero-order valence-corrected chi connectivity index (χ0v) is 11.6. The molecule has 1 atom stereocenters. The van der Waals surface area contributed by atoms with Crippen molar-refractivity contribution < 1.29 is 14.7 Å². The Labute approximate surface area is 118 Å². The number of anilines is 1. The van der Waals surface area contributed by atoms with E-state index in [0.717, 1.165) is 12.8 Å². The molecule has 0 aromatic heterocycles. The number of nitrogens with one attached hydrogen (secondary N) is 1. The lowest BCUT2D eigenvalue weighted by Crippen LogP contribution is -2.38. The van der Waals surface area contributed by atoms with Gasteiger partial charge in [0.1, 0.15) is 0 Å². The first-order chi connectivity index (χ1) is 9.63. The van der Waals surface area contributed by atoms with Gasteiger partial charge in [-0.15, -0.1) is 0 Å². The predicted molar refractivity (Wildman–Crippen MR) is 76.2 cm³/mol. The minimum absolute atomic E-state index is 0.0594. The van der Waals surface area contributed by atoms with Crippen LogP contribution in [0.2, 0.25) is 0 Å². The van der Waals surface area contributed by atoms with Crippen LogP contribution < -0.4 is 5.32 Å². The Morgan fingerprint density at radius 3 is 2.60 bits per heavy atom. The van der Waals surface area contributed by atoms with Crippen molar-refractivity contribution in [2.45, 2.75) is 19.8 Å². The summed E-state index contributed by atoms with van der Waals surface area (Å²) in [5.41, 5.74) is 1.80. The molecule has 5 nitrogen and oxygen atoms in total. The summed E-state index contributed by atoms with van der Waals surface area (Å²) in [5, 5.41) is 11.7. The monoisotopic (exact) mass is 276 g/mol. The Morgan fingerprint density at radius 2 is 2.05 bits per heavy atom. The lowest BCUT2D eigenvalue weighted by atomic mass is 10.1. The smallest absolute Gasteiger partial charge is 0.313 e. The van der Waals surface area contributed by atoms with Crippen LogP contribution in [0.25, 0.3) is 0 Å². The zero-order valence-electron chi connectivity index (χ0n) is 11.6. The molecule has 1 aliphatic heterocycles. The van der Waals surface area contributed by atoms with Crippen LogP contribution in [-0.4, -0.2) is 41.5 Å². The maximum Gasteiger partial charge on any atom is 0.313 e. The molecule has 108 valence electrons. The van der Waals surface area contributed by atoms with Gasteiger partial charge in [0.15, 0.2) is 0 Å². The lowest BCUT2D eigenvalue weighted by Gasteiger charge is -2.15. The Balaban J connectivity index is 1.92. The first kappa shape index (κ1) is 14.5. The fourth-order valence-electron chi connectivity index (χ4n) is 2.32. The van der Waals surface area contributed by atoms with E-state index in [1.54, 1.807) is 12.1 Å². The first-order valence-electron chi connectivity index (χ1n) is 6.94. The van der Waals surface area contributed by atoms with Gasteiger partial charge in [-0.05, 0) is 30.5 Å². The van der Waals surface area contributed by atoms with Gasteiger partial charge >= 0.3 is 11.8 Å². The average molecular weight is 276 g/mol. The number of aliphatic hydroxyl groups is 1. The van der Waals surface area contributed by atoms with E-state index < -0.39 is 11.8 Å². The number of aryl methyl sites for hydroxylation is 1. The molecule has 1 fully saturated rings. The van der Waals surface area contributed by atoms with Gasteiger partial charge in [-0.1, -0.05) is 19.1 Å². The topological polar surface area (TPSA) is 69.6 Å². The molecule has 1 heterocycles. The summed E-state index contributed by atoms with van der Waals surface area (Å²) in [6.45, 7) is 3.11. The summed E-state index contributed by atoms with van der Waals surface area (Å²) in [6.07, 6.45) is 1.68. The van der Waals surface area contributed by atoms with E-state index >= 15 is 0 Å². The van der Waals surface area contributed by atoms with Crippen molar-refractivity contribution in [3.8, 4) is 0 Å². The largest absolute Gasteiger partial charge is 0.396 e. The molecule has 1 unspecified atom stereocenters. The minimum atomic E-state index is -0.618. The Bertz CT molecular complexity index is 484. The van der Waals surface area contributed by atoms with E-state index in [1.807, 2.05) is 12.1 Å². The summed E-state index contributed by atoms with van der Waals surface area (Å²) in [6, 6.07) is 7.45. The molecular formula is C15H20N2O3. The minimum Gasteiger partial charge on any atom is -0.396 e. The third-order valence-corrected chi connectivity index (χ3v) is 3.65. The summed E-state index contributed by atoms with van der Waals surface area (Å²) in [4.78, 5) is 25.3. The molecule has 2 N–H and O–H groups in total. The van der Waals surface area contributed by atoms with Crippen molar-refractivity contribution in [2.24, 2.45) is 5.92 Å². The lowest BCUT2D eigenvalue weighted by molar-refractivity contribution is -0.142.